The van der Waals surface area contributed by atoms with E-state index in [4.69, 9.17) is 9.47 Å². The fourth-order valence-electron chi connectivity index (χ4n) is 3.54. The largest absolute Gasteiger partial charge is 0.462 e. The van der Waals surface area contributed by atoms with Crippen LogP contribution in [0.3, 0.4) is 0 Å². The van der Waals surface area contributed by atoms with Crippen molar-refractivity contribution in [3.05, 3.63) is 0 Å². The highest BCUT2D eigenvalue weighted by molar-refractivity contribution is 5.72. The topological polar surface area (TPSA) is 55.8 Å². The lowest BCUT2D eigenvalue weighted by Gasteiger charge is -2.19. The van der Waals surface area contributed by atoms with E-state index < -0.39 is 6.10 Å². The van der Waals surface area contributed by atoms with Gasteiger partial charge in [0.25, 0.3) is 0 Å². The molecule has 0 saturated carbocycles. The van der Waals surface area contributed by atoms with Crippen molar-refractivity contribution in [1.29, 1.82) is 0 Å². The second-order valence-electron chi connectivity index (χ2n) is 8.94. The summed E-state index contributed by atoms with van der Waals surface area (Å²) in [6.07, 6.45) is 14.7. The second-order valence-corrected chi connectivity index (χ2v) is 8.94. The summed E-state index contributed by atoms with van der Waals surface area (Å²) in [6, 6.07) is 0. The summed E-state index contributed by atoms with van der Waals surface area (Å²) in [5.74, 6) is -0.352. The minimum atomic E-state index is -0.393. The van der Waals surface area contributed by atoms with Crippen LogP contribution in [0.15, 0.2) is 0 Å². The standard InChI is InChI=1S/C25H49NO4/c1-6-8-10-12-13-15-18-23(17-14-11-9-7-2)25(28)29-21-22(3)30-24(27)19-16-20-26(4)5/h22-23H,6-21H2,1-5H3. The van der Waals surface area contributed by atoms with Crippen molar-refractivity contribution in [2.45, 2.75) is 117 Å². The van der Waals surface area contributed by atoms with Gasteiger partial charge in [-0.3, -0.25) is 9.59 Å². The van der Waals surface area contributed by atoms with Gasteiger partial charge in [-0.05, 0) is 46.8 Å². The zero-order chi connectivity index (χ0) is 22.6. The fourth-order valence-corrected chi connectivity index (χ4v) is 3.54. The Morgan fingerprint density at radius 3 is 1.90 bits per heavy atom. The highest BCUT2D eigenvalue weighted by atomic mass is 16.6. The summed E-state index contributed by atoms with van der Waals surface area (Å²) in [6.45, 7) is 7.23. The maximum absolute atomic E-state index is 12.6. The van der Waals surface area contributed by atoms with Gasteiger partial charge in [0.2, 0.25) is 0 Å². The van der Waals surface area contributed by atoms with Crippen LogP contribution < -0.4 is 0 Å². The van der Waals surface area contributed by atoms with Gasteiger partial charge in [0.1, 0.15) is 12.7 Å². The number of carbonyl (C=O) groups is 2. The summed E-state index contributed by atoms with van der Waals surface area (Å²) in [5, 5.41) is 0. The number of ether oxygens (including phenoxy) is 2. The van der Waals surface area contributed by atoms with Crippen LogP contribution in [0.5, 0.6) is 0 Å². The Morgan fingerprint density at radius 2 is 1.33 bits per heavy atom. The third-order valence-corrected chi connectivity index (χ3v) is 5.42. The minimum Gasteiger partial charge on any atom is -0.462 e. The molecule has 0 aliphatic carbocycles. The van der Waals surface area contributed by atoms with Crippen molar-refractivity contribution in [3.63, 3.8) is 0 Å². The molecule has 2 unspecified atom stereocenters. The Morgan fingerprint density at radius 1 is 0.800 bits per heavy atom. The molecular formula is C25H49NO4. The average molecular weight is 428 g/mol. The maximum atomic E-state index is 12.6. The molecule has 5 heteroatoms. The number of carbonyl (C=O) groups excluding carboxylic acids is 2. The Hall–Kier alpha value is -1.10. The van der Waals surface area contributed by atoms with E-state index in [1.54, 1.807) is 6.92 Å². The third-order valence-electron chi connectivity index (χ3n) is 5.42. The number of hydrogen-bond acceptors (Lipinski definition) is 5. The van der Waals surface area contributed by atoms with Crippen molar-refractivity contribution in [3.8, 4) is 0 Å². The van der Waals surface area contributed by atoms with Crippen molar-refractivity contribution in [2.24, 2.45) is 5.92 Å². The van der Waals surface area contributed by atoms with E-state index in [9.17, 15) is 9.59 Å². The van der Waals surface area contributed by atoms with Gasteiger partial charge in [-0.1, -0.05) is 78.1 Å². The second kappa shape index (κ2) is 19.8. The molecule has 0 amide bonds. The zero-order valence-electron chi connectivity index (χ0n) is 20.5. The van der Waals surface area contributed by atoms with E-state index in [0.29, 0.717) is 6.42 Å². The van der Waals surface area contributed by atoms with E-state index >= 15 is 0 Å². The Labute approximate surface area is 186 Å². The maximum Gasteiger partial charge on any atom is 0.309 e. The summed E-state index contributed by atoms with van der Waals surface area (Å²) in [5.41, 5.74) is 0. The van der Waals surface area contributed by atoms with Crippen molar-refractivity contribution in [1.82, 2.24) is 4.90 Å². The van der Waals surface area contributed by atoms with Gasteiger partial charge < -0.3 is 14.4 Å². The molecule has 0 radical (unpaired) electrons. The smallest absolute Gasteiger partial charge is 0.309 e. The van der Waals surface area contributed by atoms with E-state index in [1.807, 2.05) is 19.0 Å². The van der Waals surface area contributed by atoms with Crippen LogP contribution in [0.25, 0.3) is 0 Å². The van der Waals surface area contributed by atoms with Gasteiger partial charge in [-0.15, -0.1) is 0 Å². The lowest BCUT2D eigenvalue weighted by atomic mass is 9.94. The van der Waals surface area contributed by atoms with Gasteiger partial charge >= 0.3 is 11.9 Å². The first kappa shape index (κ1) is 28.9. The van der Waals surface area contributed by atoms with Crippen molar-refractivity contribution < 1.29 is 19.1 Å². The summed E-state index contributed by atoms with van der Waals surface area (Å²) in [7, 11) is 3.97. The highest BCUT2D eigenvalue weighted by Gasteiger charge is 2.21. The molecule has 2 atom stereocenters. The van der Waals surface area contributed by atoms with Crippen LogP contribution in [0.1, 0.15) is 111 Å². The normalized spacial score (nSPS) is 13.3. The molecule has 0 rings (SSSR count). The lowest BCUT2D eigenvalue weighted by molar-refractivity contribution is -0.160. The first-order valence-corrected chi connectivity index (χ1v) is 12.4. The van der Waals surface area contributed by atoms with E-state index in [-0.39, 0.29) is 24.5 Å². The van der Waals surface area contributed by atoms with E-state index in [0.717, 1.165) is 38.6 Å². The van der Waals surface area contributed by atoms with Crippen LogP contribution >= 0.6 is 0 Å². The molecule has 0 N–H and O–H groups in total. The first-order valence-electron chi connectivity index (χ1n) is 12.4. The van der Waals surface area contributed by atoms with Gasteiger partial charge in [-0.2, -0.15) is 0 Å². The number of esters is 2. The number of hydrogen-bond donors (Lipinski definition) is 0. The zero-order valence-corrected chi connectivity index (χ0v) is 20.5. The lowest BCUT2D eigenvalue weighted by Crippen LogP contribution is -2.26. The third kappa shape index (κ3) is 17.7. The predicted octanol–water partition coefficient (Wildman–Crippen LogP) is 6.14. The number of unbranched alkanes of at least 4 members (excludes halogenated alkanes) is 8. The molecule has 0 bridgehead atoms. The number of rotatable bonds is 20. The van der Waals surface area contributed by atoms with Crippen molar-refractivity contribution >= 4 is 11.9 Å². The minimum absolute atomic E-state index is 0.0176. The quantitative estimate of drug-likeness (QED) is 0.172. The molecule has 0 aliphatic rings. The van der Waals surface area contributed by atoms with Crippen LogP contribution in [0.2, 0.25) is 0 Å². The molecule has 0 saturated heterocycles. The summed E-state index contributed by atoms with van der Waals surface area (Å²) in [4.78, 5) is 26.6. The Bertz CT molecular complexity index is 425. The summed E-state index contributed by atoms with van der Waals surface area (Å²) < 4.78 is 10.9. The Kier molecular flexibility index (Phi) is 19.1. The molecule has 0 fully saturated rings. The summed E-state index contributed by atoms with van der Waals surface area (Å²) >= 11 is 0. The molecule has 0 aliphatic heterocycles. The van der Waals surface area contributed by atoms with Gasteiger partial charge in [0, 0.05) is 6.42 Å². The van der Waals surface area contributed by atoms with Gasteiger partial charge in [0.15, 0.2) is 0 Å². The fraction of sp³-hybridized carbons (Fsp3) is 0.920. The SMILES string of the molecule is CCCCCCCCC(CCCCCC)C(=O)OCC(C)OC(=O)CCCN(C)C. The Balaban J connectivity index is 4.26. The molecule has 0 aromatic heterocycles. The molecule has 178 valence electrons. The monoisotopic (exact) mass is 427 g/mol. The highest BCUT2D eigenvalue weighted by Crippen LogP contribution is 2.20. The van der Waals surface area contributed by atoms with Crippen LogP contribution in [-0.4, -0.2) is 50.2 Å². The van der Waals surface area contributed by atoms with E-state index in [1.165, 1.54) is 51.4 Å². The molecule has 0 spiro atoms. The first-order chi connectivity index (χ1) is 14.4. The molecule has 5 nitrogen and oxygen atoms in total. The molecule has 0 aromatic rings. The van der Waals surface area contributed by atoms with Crippen LogP contribution in [-0.2, 0) is 19.1 Å². The molecule has 30 heavy (non-hydrogen) atoms. The molecule has 0 heterocycles. The van der Waals surface area contributed by atoms with Gasteiger partial charge in [-0.25, -0.2) is 0 Å². The van der Waals surface area contributed by atoms with Gasteiger partial charge in [0.05, 0.1) is 5.92 Å². The molecule has 0 aromatic carbocycles. The van der Waals surface area contributed by atoms with Crippen LogP contribution in [0, 0.1) is 5.92 Å². The number of nitrogens with zero attached hydrogens (tertiary/aromatic N) is 1. The predicted molar refractivity (Wildman–Crippen MR) is 125 cm³/mol. The molecular weight excluding hydrogens is 378 g/mol. The van der Waals surface area contributed by atoms with Crippen LogP contribution in [0.4, 0.5) is 0 Å². The average Bonchev–Trinajstić information content (AvgIpc) is 2.70. The van der Waals surface area contributed by atoms with E-state index in [2.05, 4.69) is 13.8 Å². The van der Waals surface area contributed by atoms with Crippen molar-refractivity contribution in [2.75, 3.05) is 27.2 Å².